The molecule has 0 bridgehead atoms. The maximum atomic E-state index is 12.2. The first-order valence-electron chi connectivity index (χ1n) is 7.11. The number of aromatic nitrogens is 1. The molecular formula is C16H18N2O6. The van der Waals surface area contributed by atoms with Gasteiger partial charge in [0.15, 0.2) is 11.9 Å². The van der Waals surface area contributed by atoms with E-state index in [1.165, 1.54) is 26.4 Å². The topological polar surface area (TPSA) is 99.9 Å². The number of esters is 1. The predicted molar refractivity (Wildman–Crippen MR) is 84.3 cm³/mol. The van der Waals surface area contributed by atoms with Crippen molar-refractivity contribution >= 4 is 17.7 Å². The van der Waals surface area contributed by atoms with Crippen LogP contribution in [0.4, 0.5) is 5.82 Å². The molecule has 0 aliphatic carbocycles. The van der Waals surface area contributed by atoms with Gasteiger partial charge in [-0.05, 0) is 26.0 Å². The minimum atomic E-state index is -0.891. The fraction of sp³-hybridized carbons (Fsp3) is 0.312. The van der Waals surface area contributed by atoms with Crippen LogP contribution in [0.2, 0.25) is 0 Å². The minimum absolute atomic E-state index is 0.181. The second kappa shape index (κ2) is 7.49. The molecular weight excluding hydrogens is 316 g/mol. The highest BCUT2D eigenvalue weighted by molar-refractivity contribution is 5.95. The monoisotopic (exact) mass is 334 g/mol. The zero-order valence-corrected chi connectivity index (χ0v) is 13.8. The summed E-state index contributed by atoms with van der Waals surface area (Å²) in [7, 11) is 2.75. The molecule has 0 saturated heterocycles. The lowest BCUT2D eigenvalue weighted by molar-refractivity contribution is -0.122. The number of ether oxygens (including phenoxy) is 3. The first-order valence-corrected chi connectivity index (χ1v) is 7.11. The van der Waals surface area contributed by atoms with E-state index in [-0.39, 0.29) is 17.1 Å². The fourth-order valence-electron chi connectivity index (χ4n) is 1.90. The smallest absolute Gasteiger partial charge is 0.341 e. The second-order valence-electron chi connectivity index (χ2n) is 4.93. The summed E-state index contributed by atoms with van der Waals surface area (Å²) in [6, 6.07) is 6.19. The average molecular weight is 334 g/mol. The maximum absolute atomic E-state index is 12.2. The normalized spacial score (nSPS) is 11.5. The summed E-state index contributed by atoms with van der Waals surface area (Å²) in [5, 5.41) is 6.23. The van der Waals surface area contributed by atoms with Crippen molar-refractivity contribution in [3.05, 3.63) is 35.6 Å². The van der Waals surface area contributed by atoms with Crippen LogP contribution >= 0.6 is 0 Å². The van der Waals surface area contributed by atoms with Crippen LogP contribution in [0.5, 0.6) is 11.5 Å². The van der Waals surface area contributed by atoms with E-state index in [2.05, 4.69) is 10.5 Å². The van der Waals surface area contributed by atoms with Crippen molar-refractivity contribution in [1.29, 1.82) is 0 Å². The van der Waals surface area contributed by atoms with Crippen molar-refractivity contribution in [3.63, 3.8) is 0 Å². The van der Waals surface area contributed by atoms with Crippen molar-refractivity contribution in [2.75, 3.05) is 19.5 Å². The molecule has 0 unspecified atom stereocenters. The first-order chi connectivity index (χ1) is 11.4. The fourth-order valence-corrected chi connectivity index (χ4v) is 1.90. The number of carbonyl (C=O) groups is 2. The van der Waals surface area contributed by atoms with Gasteiger partial charge >= 0.3 is 5.97 Å². The first kappa shape index (κ1) is 17.3. The molecule has 2 aromatic rings. The Morgan fingerprint density at radius 3 is 2.58 bits per heavy atom. The summed E-state index contributed by atoms with van der Waals surface area (Å²) in [6.45, 7) is 3.25. The molecule has 0 spiro atoms. The Hall–Kier alpha value is -3.03. The number of hydrogen-bond donors (Lipinski definition) is 1. The number of methoxy groups -OCH3 is 2. The van der Waals surface area contributed by atoms with Crippen LogP contribution in [-0.2, 0) is 9.53 Å². The molecule has 0 aliphatic heterocycles. The van der Waals surface area contributed by atoms with E-state index in [9.17, 15) is 9.59 Å². The van der Waals surface area contributed by atoms with Gasteiger partial charge in [-0.15, -0.1) is 0 Å². The molecule has 0 saturated carbocycles. The summed E-state index contributed by atoms with van der Waals surface area (Å²) >= 11 is 0. The molecule has 1 aromatic carbocycles. The molecule has 8 heteroatoms. The molecule has 128 valence electrons. The number of amides is 1. The Bertz CT molecular complexity index is 740. The zero-order valence-electron chi connectivity index (χ0n) is 13.8. The minimum Gasteiger partial charge on any atom is -0.497 e. The van der Waals surface area contributed by atoms with Gasteiger partial charge in [0.2, 0.25) is 0 Å². The van der Waals surface area contributed by atoms with Gasteiger partial charge in [-0.2, -0.15) is 0 Å². The quantitative estimate of drug-likeness (QED) is 0.808. The third-order valence-electron chi connectivity index (χ3n) is 3.15. The molecule has 0 aliphatic rings. The van der Waals surface area contributed by atoms with Gasteiger partial charge in [0, 0.05) is 12.1 Å². The molecule has 8 nitrogen and oxygen atoms in total. The lowest BCUT2D eigenvalue weighted by atomic mass is 10.2. The Kier molecular flexibility index (Phi) is 5.41. The lowest BCUT2D eigenvalue weighted by Gasteiger charge is -2.16. The molecule has 1 amide bonds. The third-order valence-corrected chi connectivity index (χ3v) is 3.15. The van der Waals surface area contributed by atoms with Crippen LogP contribution in [-0.4, -0.2) is 37.4 Å². The van der Waals surface area contributed by atoms with E-state index in [4.69, 9.17) is 18.7 Å². The highest BCUT2D eigenvalue weighted by Gasteiger charge is 2.21. The third kappa shape index (κ3) is 4.03. The van der Waals surface area contributed by atoms with Crippen LogP contribution in [0.1, 0.15) is 23.0 Å². The maximum Gasteiger partial charge on any atom is 0.341 e. The number of anilines is 1. The highest BCUT2D eigenvalue weighted by atomic mass is 16.5. The molecule has 1 heterocycles. The Morgan fingerprint density at radius 1 is 1.25 bits per heavy atom. The van der Waals surface area contributed by atoms with Crippen molar-refractivity contribution < 1.29 is 28.3 Å². The zero-order chi connectivity index (χ0) is 17.7. The Morgan fingerprint density at radius 2 is 2.00 bits per heavy atom. The molecule has 1 aromatic heterocycles. The second-order valence-corrected chi connectivity index (χ2v) is 4.93. The predicted octanol–water partition coefficient (Wildman–Crippen LogP) is 2.18. The average Bonchev–Trinajstić information content (AvgIpc) is 2.98. The molecule has 1 atom stereocenters. The van der Waals surface area contributed by atoms with Crippen LogP contribution in [0, 0.1) is 6.92 Å². The summed E-state index contributed by atoms with van der Waals surface area (Å²) in [6.07, 6.45) is -0.891. The van der Waals surface area contributed by atoms with Crippen LogP contribution < -0.4 is 14.8 Å². The number of nitrogens with zero attached hydrogens (tertiary/aromatic N) is 1. The Balaban J connectivity index is 2.15. The highest BCUT2D eigenvalue weighted by Crippen LogP contribution is 2.26. The van der Waals surface area contributed by atoms with Crippen LogP contribution in [0.3, 0.4) is 0 Å². The summed E-state index contributed by atoms with van der Waals surface area (Å²) in [5.41, 5.74) is 0.190. The summed E-state index contributed by atoms with van der Waals surface area (Å²) < 4.78 is 20.3. The standard InChI is InChI=1S/C16H18N2O6/c1-9-7-14(18-24-9)17-15(19)10(2)23-13-8-11(21-3)5-6-12(13)16(20)22-4/h5-8,10H,1-4H3,(H,17,18,19)/t10-/m0/s1. The number of carbonyl (C=O) groups excluding carboxylic acids is 2. The van der Waals surface area contributed by atoms with E-state index >= 15 is 0 Å². The van der Waals surface area contributed by atoms with Gasteiger partial charge < -0.3 is 24.1 Å². The SMILES string of the molecule is COC(=O)c1ccc(OC)cc1O[C@@H](C)C(=O)Nc1cc(C)on1. The molecule has 0 radical (unpaired) electrons. The van der Waals surface area contributed by atoms with Gasteiger partial charge in [0.25, 0.3) is 5.91 Å². The van der Waals surface area contributed by atoms with Crippen molar-refractivity contribution in [2.24, 2.45) is 0 Å². The van der Waals surface area contributed by atoms with Crippen molar-refractivity contribution in [2.45, 2.75) is 20.0 Å². The van der Waals surface area contributed by atoms with Crippen LogP contribution in [0.15, 0.2) is 28.8 Å². The van der Waals surface area contributed by atoms with Gasteiger partial charge in [-0.1, -0.05) is 5.16 Å². The lowest BCUT2D eigenvalue weighted by Crippen LogP contribution is -2.30. The largest absolute Gasteiger partial charge is 0.497 e. The van der Waals surface area contributed by atoms with E-state index in [0.717, 1.165) is 0 Å². The summed E-state index contributed by atoms with van der Waals surface area (Å²) in [5.74, 6) is 0.498. The number of hydrogen-bond acceptors (Lipinski definition) is 7. The van der Waals surface area contributed by atoms with E-state index < -0.39 is 18.0 Å². The number of benzene rings is 1. The molecule has 2 rings (SSSR count). The molecule has 1 N–H and O–H groups in total. The van der Waals surface area contributed by atoms with E-state index in [1.807, 2.05) is 0 Å². The summed E-state index contributed by atoms with van der Waals surface area (Å²) in [4.78, 5) is 24.0. The number of rotatable bonds is 6. The van der Waals surface area contributed by atoms with Crippen molar-refractivity contribution in [1.82, 2.24) is 5.16 Å². The Labute approximate surface area is 138 Å². The van der Waals surface area contributed by atoms with Gasteiger partial charge in [0.05, 0.1) is 14.2 Å². The van der Waals surface area contributed by atoms with Gasteiger partial charge in [-0.3, -0.25) is 4.79 Å². The molecule has 0 fully saturated rings. The van der Waals surface area contributed by atoms with E-state index in [1.54, 1.807) is 26.0 Å². The van der Waals surface area contributed by atoms with Gasteiger partial charge in [-0.25, -0.2) is 4.79 Å². The van der Waals surface area contributed by atoms with Gasteiger partial charge in [0.1, 0.15) is 22.8 Å². The van der Waals surface area contributed by atoms with E-state index in [0.29, 0.717) is 11.5 Å². The number of aryl methyl sites for hydroxylation is 1. The van der Waals surface area contributed by atoms with Crippen molar-refractivity contribution in [3.8, 4) is 11.5 Å². The molecule has 24 heavy (non-hydrogen) atoms. The number of nitrogens with one attached hydrogen (secondary N) is 1. The van der Waals surface area contributed by atoms with Crippen LogP contribution in [0.25, 0.3) is 0 Å².